The average Bonchev–Trinajstić information content (AvgIpc) is 2.79. The van der Waals surface area contributed by atoms with Gasteiger partial charge in [-0.25, -0.2) is 0 Å². The summed E-state index contributed by atoms with van der Waals surface area (Å²) in [5, 5.41) is 9.45. The van der Waals surface area contributed by atoms with Gasteiger partial charge < -0.3 is 9.84 Å². The number of rotatable bonds is 7. The molecule has 1 saturated heterocycles. The highest BCUT2D eigenvalue weighted by Crippen LogP contribution is 2.38. The van der Waals surface area contributed by atoms with Crippen molar-refractivity contribution in [2.24, 2.45) is 5.92 Å². The maximum atomic E-state index is 11.5. The van der Waals surface area contributed by atoms with Crippen LogP contribution in [-0.2, 0) is 11.4 Å². The number of ether oxygens (including phenoxy) is 1. The molecule has 0 aliphatic carbocycles. The van der Waals surface area contributed by atoms with Crippen molar-refractivity contribution in [3.8, 4) is 5.75 Å². The van der Waals surface area contributed by atoms with Gasteiger partial charge in [0.2, 0.25) is 0 Å². The van der Waals surface area contributed by atoms with E-state index >= 15 is 0 Å². The smallest absolute Gasteiger partial charge is 0.306 e. The Kier molecular flexibility index (Phi) is 6.91. The highest BCUT2D eigenvalue weighted by Gasteiger charge is 2.31. The number of aryl methyl sites for hydroxylation is 2. The topological polar surface area (TPSA) is 49.8 Å². The fraction of sp³-hybridized carbons (Fsp3) is 0.321. The van der Waals surface area contributed by atoms with Gasteiger partial charge in [0.05, 0.1) is 12.0 Å². The number of hydrogen-bond acceptors (Lipinski definition) is 3. The van der Waals surface area contributed by atoms with Crippen LogP contribution >= 0.6 is 0 Å². The lowest BCUT2D eigenvalue weighted by Gasteiger charge is -2.38. The normalized spacial score (nSPS) is 15.9. The van der Waals surface area contributed by atoms with E-state index in [0.717, 1.165) is 30.0 Å². The van der Waals surface area contributed by atoms with Gasteiger partial charge in [-0.3, -0.25) is 9.69 Å². The summed E-state index contributed by atoms with van der Waals surface area (Å²) in [6.45, 7) is 6.27. The maximum absolute atomic E-state index is 11.5. The van der Waals surface area contributed by atoms with Crippen molar-refractivity contribution in [3.05, 3.63) is 101 Å². The Bertz CT molecular complexity index is 1040. The standard InChI is InChI=1S/C28H31NO3/c1-20-16-21(2)18-24(17-20)27(29-14-12-23(13-15-29)28(30)31)25-10-6-7-11-26(25)32-19-22-8-4-3-5-9-22/h3-11,16-18,23,27H,12-15,19H2,1-2H3,(H,30,31). The van der Waals surface area contributed by atoms with Crippen molar-refractivity contribution in [3.63, 3.8) is 0 Å². The zero-order valence-electron chi connectivity index (χ0n) is 18.8. The molecule has 3 aromatic rings. The fourth-order valence-corrected chi connectivity index (χ4v) is 4.73. The Morgan fingerprint density at radius 3 is 2.25 bits per heavy atom. The van der Waals surface area contributed by atoms with Crippen LogP contribution in [0.25, 0.3) is 0 Å². The van der Waals surface area contributed by atoms with E-state index in [1.807, 2.05) is 30.3 Å². The molecular weight excluding hydrogens is 398 g/mol. The molecule has 0 amide bonds. The molecule has 0 radical (unpaired) electrons. The number of piperidine rings is 1. The first kappa shape index (κ1) is 22.1. The van der Waals surface area contributed by atoms with Crippen LogP contribution in [0, 0.1) is 19.8 Å². The highest BCUT2D eigenvalue weighted by molar-refractivity contribution is 5.70. The van der Waals surface area contributed by atoms with E-state index in [4.69, 9.17) is 4.74 Å². The molecule has 4 heteroatoms. The second-order valence-corrected chi connectivity index (χ2v) is 8.78. The van der Waals surface area contributed by atoms with Crippen molar-refractivity contribution in [2.45, 2.75) is 39.3 Å². The van der Waals surface area contributed by atoms with Crippen LogP contribution in [0.1, 0.15) is 46.7 Å². The molecule has 1 N–H and O–H groups in total. The Morgan fingerprint density at radius 2 is 1.59 bits per heavy atom. The minimum Gasteiger partial charge on any atom is -0.489 e. The van der Waals surface area contributed by atoms with Crippen molar-refractivity contribution in [1.82, 2.24) is 4.90 Å². The number of nitrogens with zero attached hydrogens (tertiary/aromatic N) is 1. The number of hydrogen-bond donors (Lipinski definition) is 1. The minimum absolute atomic E-state index is 0.0234. The second-order valence-electron chi connectivity index (χ2n) is 8.78. The summed E-state index contributed by atoms with van der Waals surface area (Å²) < 4.78 is 6.32. The molecule has 3 aromatic carbocycles. The molecule has 1 atom stereocenters. The molecular formula is C28H31NO3. The molecule has 32 heavy (non-hydrogen) atoms. The highest BCUT2D eigenvalue weighted by atomic mass is 16.5. The Hall–Kier alpha value is -3.11. The van der Waals surface area contributed by atoms with Gasteiger partial charge in [0.25, 0.3) is 0 Å². The maximum Gasteiger partial charge on any atom is 0.306 e. The van der Waals surface area contributed by atoms with Gasteiger partial charge in [-0.05, 0) is 57.0 Å². The third-order valence-corrected chi connectivity index (χ3v) is 6.25. The van der Waals surface area contributed by atoms with Gasteiger partial charge in [0, 0.05) is 5.56 Å². The predicted molar refractivity (Wildman–Crippen MR) is 127 cm³/mol. The zero-order valence-corrected chi connectivity index (χ0v) is 18.8. The Morgan fingerprint density at radius 1 is 0.969 bits per heavy atom. The van der Waals surface area contributed by atoms with E-state index in [9.17, 15) is 9.90 Å². The van der Waals surface area contributed by atoms with Crippen molar-refractivity contribution in [2.75, 3.05) is 13.1 Å². The van der Waals surface area contributed by atoms with E-state index in [0.29, 0.717) is 19.4 Å². The summed E-state index contributed by atoms with van der Waals surface area (Å²) in [6, 6.07) is 25.2. The molecule has 0 bridgehead atoms. The number of carboxylic acids is 1. The SMILES string of the molecule is Cc1cc(C)cc(C(c2ccccc2OCc2ccccc2)N2CCC(C(=O)O)CC2)c1. The zero-order chi connectivity index (χ0) is 22.5. The molecule has 1 fully saturated rings. The summed E-state index contributed by atoms with van der Waals surface area (Å²) in [4.78, 5) is 13.9. The molecule has 1 heterocycles. The van der Waals surface area contributed by atoms with Gasteiger partial charge >= 0.3 is 5.97 Å². The second kappa shape index (κ2) is 10.0. The van der Waals surface area contributed by atoms with Gasteiger partial charge in [-0.1, -0.05) is 77.9 Å². The largest absolute Gasteiger partial charge is 0.489 e. The van der Waals surface area contributed by atoms with E-state index in [2.05, 4.69) is 61.2 Å². The minimum atomic E-state index is -0.681. The molecule has 1 aliphatic heterocycles. The van der Waals surface area contributed by atoms with Crippen LogP contribution in [0.4, 0.5) is 0 Å². The number of carbonyl (C=O) groups is 1. The van der Waals surface area contributed by atoms with Gasteiger partial charge in [-0.2, -0.15) is 0 Å². The monoisotopic (exact) mass is 429 g/mol. The third-order valence-electron chi connectivity index (χ3n) is 6.25. The summed E-state index contributed by atoms with van der Waals surface area (Å²) in [6.07, 6.45) is 1.34. The number of para-hydroxylation sites is 1. The Labute approximate surface area is 190 Å². The van der Waals surface area contributed by atoms with Gasteiger partial charge in [-0.15, -0.1) is 0 Å². The Balaban J connectivity index is 1.68. The van der Waals surface area contributed by atoms with Crippen LogP contribution in [-0.4, -0.2) is 29.1 Å². The number of aliphatic carboxylic acids is 1. The number of benzene rings is 3. The van der Waals surface area contributed by atoms with Crippen LogP contribution in [0.3, 0.4) is 0 Å². The first-order chi connectivity index (χ1) is 15.5. The van der Waals surface area contributed by atoms with Crippen LogP contribution in [0.5, 0.6) is 5.75 Å². The van der Waals surface area contributed by atoms with E-state index in [-0.39, 0.29) is 12.0 Å². The molecule has 166 valence electrons. The first-order valence-corrected chi connectivity index (χ1v) is 11.3. The molecule has 4 nitrogen and oxygen atoms in total. The van der Waals surface area contributed by atoms with E-state index in [1.165, 1.54) is 16.7 Å². The lowest BCUT2D eigenvalue weighted by molar-refractivity contribution is -0.143. The van der Waals surface area contributed by atoms with Crippen LogP contribution in [0.2, 0.25) is 0 Å². The summed E-state index contributed by atoms with van der Waals surface area (Å²) in [7, 11) is 0. The lowest BCUT2D eigenvalue weighted by atomic mass is 9.89. The van der Waals surface area contributed by atoms with E-state index < -0.39 is 5.97 Å². The van der Waals surface area contributed by atoms with Gasteiger partial charge in [0.15, 0.2) is 0 Å². The first-order valence-electron chi connectivity index (χ1n) is 11.3. The van der Waals surface area contributed by atoms with Gasteiger partial charge in [0.1, 0.15) is 12.4 Å². The summed E-state index contributed by atoms with van der Waals surface area (Å²) >= 11 is 0. The van der Waals surface area contributed by atoms with Crippen LogP contribution < -0.4 is 4.74 Å². The van der Waals surface area contributed by atoms with Crippen molar-refractivity contribution >= 4 is 5.97 Å². The summed E-state index contributed by atoms with van der Waals surface area (Å²) in [5.41, 5.74) is 5.95. The van der Waals surface area contributed by atoms with Crippen molar-refractivity contribution < 1.29 is 14.6 Å². The fourth-order valence-electron chi connectivity index (χ4n) is 4.73. The van der Waals surface area contributed by atoms with E-state index in [1.54, 1.807) is 0 Å². The van der Waals surface area contributed by atoms with Crippen molar-refractivity contribution in [1.29, 1.82) is 0 Å². The number of likely N-dealkylation sites (tertiary alicyclic amines) is 1. The summed E-state index contributed by atoms with van der Waals surface area (Å²) in [5.74, 6) is -0.0595. The number of carboxylic acid groups (broad SMARTS) is 1. The predicted octanol–water partition coefficient (Wildman–Crippen LogP) is 5.77. The molecule has 1 unspecified atom stereocenters. The lowest BCUT2D eigenvalue weighted by Crippen LogP contribution is -2.39. The average molecular weight is 430 g/mol. The molecule has 4 rings (SSSR count). The molecule has 0 saturated carbocycles. The molecule has 1 aliphatic rings. The quantitative estimate of drug-likeness (QED) is 0.518. The molecule has 0 aromatic heterocycles. The third kappa shape index (κ3) is 5.20. The molecule has 0 spiro atoms. The van der Waals surface area contributed by atoms with Crippen LogP contribution in [0.15, 0.2) is 72.8 Å².